The third-order valence-electron chi connectivity index (χ3n) is 6.25. The van der Waals surface area contributed by atoms with Crippen LogP contribution >= 0.6 is 11.3 Å². The molecular weight excluding hydrogens is 442 g/mol. The Labute approximate surface area is 196 Å². The van der Waals surface area contributed by atoms with Crippen LogP contribution < -0.4 is 0 Å². The summed E-state index contributed by atoms with van der Waals surface area (Å²) in [6.07, 6.45) is 3.56. The molecule has 9 nitrogen and oxygen atoms in total. The highest BCUT2D eigenvalue weighted by Gasteiger charge is 2.37. The Hall–Kier alpha value is -2.98. The second-order valence-corrected chi connectivity index (χ2v) is 9.46. The lowest BCUT2D eigenvalue weighted by Crippen LogP contribution is -2.50. The summed E-state index contributed by atoms with van der Waals surface area (Å²) in [5.41, 5.74) is 0. The van der Waals surface area contributed by atoms with E-state index in [4.69, 9.17) is 8.94 Å². The van der Waals surface area contributed by atoms with Crippen LogP contribution in [-0.2, 0) is 22.6 Å². The highest BCUT2D eigenvalue weighted by Crippen LogP contribution is 2.24. The van der Waals surface area contributed by atoms with Crippen LogP contribution in [0.3, 0.4) is 0 Å². The first-order chi connectivity index (χ1) is 16.2. The summed E-state index contributed by atoms with van der Waals surface area (Å²) in [6.45, 7) is 4.90. The van der Waals surface area contributed by atoms with E-state index >= 15 is 0 Å². The van der Waals surface area contributed by atoms with Crippen LogP contribution in [0.25, 0.3) is 10.7 Å². The molecule has 5 heterocycles. The molecule has 0 radical (unpaired) electrons. The summed E-state index contributed by atoms with van der Waals surface area (Å²) in [5, 5.41) is 6.05. The summed E-state index contributed by atoms with van der Waals surface area (Å²) < 4.78 is 10.7. The minimum absolute atomic E-state index is 0.0200. The van der Waals surface area contributed by atoms with E-state index in [2.05, 4.69) is 15.0 Å². The highest BCUT2D eigenvalue weighted by atomic mass is 32.1. The molecule has 10 heteroatoms. The van der Waals surface area contributed by atoms with Crippen molar-refractivity contribution in [2.24, 2.45) is 5.92 Å². The van der Waals surface area contributed by atoms with Gasteiger partial charge in [-0.15, -0.1) is 11.3 Å². The van der Waals surface area contributed by atoms with Crippen molar-refractivity contribution in [2.75, 3.05) is 39.3 Å². The Bertz CT molecular complexity index is 1060. The van der Waals surface area contributed by atoms with E-state index in [1.807, 2.05) is 34.5 Å². The molecule has 2 saturated heterocycles. The molecule has 174 valence electrons. The summed E-state index contributed by atoms with van der Waals surface area (Å²) in [6, 6.07) is 7.62. The Kier molecular flexibility index (Phi) is 6.54. The van der Waals surface area contributed by atoms with Crippen molar-refractivity contribution < 1.29 is 18.5 Å². The number of aryl methyl sites for hydroxylation is 1. The second-order valence-electron chi connectivity index (χ2n) is 8.51. The lowest BCUT2D eigenvalue weighted by atomic mass is 10.1. The zero-order chi connectivity index (χ0) is 22.6. The molecule has 0 spiro atoms. The molecule has 0 aliphatic carbocycles. The zero-order valence-corrected chi connectivity index (χ0v) is 19.2. The van der Waals surface area contributed by atoms with Gasteiger partial charge in [0, 0.05) is 45.6 Å². The number of aromatic nitrogens is 2. The maximum atomic E-state index is 13.0. The van der Waals surface area contributed by atoms with E-state index in [0.717, 1.165) is 43.1 Å². The summed E-state index contributed by atoms with van der Waals surface area (Å²) in [5.74, 6) is 1.92. The maximum absolute atomic E-state index is 13.0. The van der Waals surface area contributed by atoms with Crippen LogP contribution in [-0.4, -0.2) is 75.9 Å². The number of thiophene rings is 1. The van der Waals surface area contributed by atoms with E-state index in [1.165, 1.54) is 0 Å². The number of hydrogen-bond acceptors (Lipinski definition) is 8. The number of amides is 2. The number of carbonyl (C=O) groups excluding carboxylic acids is 2. The van der Waals surface area contributed by atoms with Gasteiger partial charge >= 0.3 is 0 Å². The Morgan fingerprint density at radius 2 is 2.06 bits per heavy atom. The predicted octanol–water partition coefficient (Wildman–Crippen LogP) is 2.52. The van der Waals surface area contributed by atoms with Crippen molar-refractivity contribution in [3.63, 3.8) is 0 Å². The van der Waals surface area contributed by atoms with Crippen molar-refractivity contribution in [3.05, 3.63) is 47.6 Å². The van der Waals surface area contributed by atoms with Crippen LogP contribution in [0.1, 0.15) is 24.5 Å². The fourth-order valence-electron chi connectivity index (χ4n) is 4.45. The molecule has 2 aliphatic heterocycles. The summed E-state index contributed by atoms with van der Waals surface area (Å²) in [4.78, 5) is 36.8. The monoisotopic (exact) mass is 469 g/mol. The van der Waals surface area contributed by atoms with E-state index in [1.54, 1.807) is 22.5 Å². The van der Waals surface area contributed by atoms with E-state index in [-0.39, 0.29) is 24.2 Å². The van der Waals surface area contributed by atoms with Crippen molar-refractivity contribution >= 4 is 23.2 Å². The number of nitrogens with zero attached hydrogens (tertiary/aromatic N) is 5. The first-order valence-electron chi connectivity index (χ1n) is 11.3. The fraction of sp³-hybridized carbons (Fsp3) is 0.478. The Morgan fingerprint density at radius 3 is 2.82 bits per heavy atom. The lowest BCUT2D eigenvalue weighted by molar-refractivity contribution is -0.137. The van der Waals surface area contributed by atoms with Crippen molar-refractivity contribution in [1.29, 1.82) is 0 Å². The van der Waals surface area contributed by atoms with E-state index in [9.17, 15) is 9.59 Å². The van der Waals surface area contributed by atoms with E-state index < -0.39 is 0 Å². The lowest BCUT2D eigenvalue weighted by Gasteiger charge is -2.35. The molecular formula is C23H27N5O4S. The van der Waals surface area contributed by atoms with Gasteiger partial charge in [0.25, 0.3) is 0 Å². The van der Waals surface area contributed by atoms with Gasteiger partial charge in [-0.25, -0.2) is 0 Å². The van der Waals surface area contributed by atoms with Crippen LogP contribution in [0.2, 0.25) is 0 Å². The van der Waals surface area contributed by atoms with Gasteiger partial charge in [0.2, 0.25) is 23.5 Å². The van der Waals surface area contributed by atoms with Gasteiger partial charge in [-0.3, -0.25) is 14.5 Å². The normalized spacial score (nSPS) is 19.5. The summed E-state index contributed by atoms with van der Waals surface area (Å²) >= 11 is 1.60. The quantitative estimate of drug-likeness (QED) is 0.500. The maximum Gasteiger partial charge on any atom is 0.228 e. The van der Waals surface area contributed by atoms with Crippen LogP contribution in [0.15, 0.2) is 44.8 Å². The van der Waals surface area contributed by atoms with Crippen molar-refractivity contribution in [2.45, 2.75) is 25.8 Å². The standard InChI is InChI=1S/C23H27N5O4S/c29-21-14-17(15-28(21)16-18-4-2-12-31-18)23(30)27-10-8-26(9-11-27)7-1-6-20-24-22(25-32-20)19-5-3-13-33-19/h2-5,12-13,17H,1,6-11,14-16H2. The SMILES string of the molecule is O=C1CC(C(=O)N2CCN(CCCc3nc(-c4cccs4)no3)CC2)CN1Cc1ccco1. The average Bonchev–Trinajstić information content (AvgIpc) is 3.63. The van der Waals surface area contributed by atoms with Gasteiger partial charge in [0.15, 0.2) is 0 Å². The predicted molar refractivity (Wildman–Crippen MR) is 121 cm³/mol. The highest BCUT2D eigenvalue weighted by molar-refractivity contribution is 7.13. The van der Waals surface area contributed by atoms with Crippen LogP contribution in [0, 0.1) is 5.92 Å². The number of hydrogen-bond donors (Lipinski definition) is 0. The Morgan fingerprint density at radius 1 is 1.18 bits per heavy atom. The molecule has 0 aromatic carbocycles. The molecule has 0 N–H and O–H groups in total. The third kappa shape index (κ3) is 5.17. The molecule has 1 unspecified atom stereocenters. The Balaban J connectivity index is 1.03. The van der Waals surface area contributed by atoms with Crippen LogP contribution in [0.5, 0.6) is 0 Å². The third-order valence-corrected chi connectivity index (χ3v) is 7.11. The van der Waals surface area contributed by atoms with Gasteiger partial charge < -0.3 is 18.7 Å². The van der Waals surface area contributed by atoms with Crippen molar-refractivity contribution in [1.82, 2.24) is 24.8 Å². The number of carbonyl (C=O) groups is 2. The molecule has 3 aromatic heterocycles. The number of piperazine rings is 1. The number of rotatable bonds is 8. The number of likely N-dealkylation sites (tertiary alicyclic amines) is 1. The molecule has 3 aromatic rings. The second kappa shape index (κ2) is 9.88. The summed E-state index contributed by atoms with van der Waals surface area (Å²) in [7, 11) is 0. The average molecular weight is 470 g/mol. The molecule has 33 heavy (non-hydrogen) atoms. The first-order valence-corrected chi connectivity index (χ1v) is 12.2. The zero-order valence-electron chi connectivity index (χ0n) is 18.4. The molecule has 0 bridgehead atoms. The smallest absolute Gasteiger partial charge is 0.228 e. The molecule has 1 atom stereocenters. The number of furan rings is 1. The van der Waals surface area contributed by atoms with E-state index in [0.29, 0.717) is 37.9 Å². The fourth-order valence-corrected chi connectivity index (χ4v) is 5.10. The minimum Gasteiger partial charge on any atom is -0.467 e. The largest absolute Gasteiger partial charge is 0.467 e. The molecule has 2 aliphatic rings. The van der Waals surface area contributed by atoms with Gasteiger partial charge in [0.1, 0.15) is 5.76 Å². The van der Waals surface area contributed by atoms with Gasteiger partial charge in [-0.1, -0.05) is 11.2 Å². The minimum atomic E-state index is -0.255. The van der Waals surface area contributed by atoms with Gasteiger partial charge in [-0.05, 0) is 36.5 Å². The molecule has 5 rings (SSSR count). The first kappa shape index (κ1) is 21.8. The molecule has 0 saturated carbocycles. The van der Waals surface area contributed by atoms with Crippen molar-refractivity contribution in [3.8, 4) is 10.7 Å². The van der Waals surface area contributed by atoms with Gasteiger partial charge in [-0.2, -0.15) is 4.98 Å². The molecule has 2 fully saturated rings. The molecule has 2 amide bonds. The van der Waals surface area contributed by atoms with Gasteiger partial charge in [0.05, 0.1) is 23.6 Å². The topological polar surface area (TPSA) is 95.9 Å². The van der Waals surface area contributed by atoms with Crippen LogP contribution in [0.4, 0.5) is 0 Å².